The van der Waals surface area contributed by atoms with E-state index in [-0.39, 0.29) is 5.75 Å². The van der Waals surface area contributed by atoms with Gasteiger partial charge in [0.05, 0.1) is 15.6 Å². The SMILES string of the molecule is NCC1(O)CCN(Cc2cc(Cl)c(Cl)cc2O)CC1. The number of phenols is 1. The fraction of sp³-hybridized carbons (Fsp3) is 0.538. The Hall–Kier alpha value is -0.520. The third kappa shape index (κ3) is 3.52. The summed E-state index contributed by atoms with van der Waals surface area (Å²) in [6.45, 7) is 2.36. The number of aliphatic hydroxyl groups is 1. The molecule has 0 atom stereocenters. The van der Waals surface area contributed by atoms with Gasteiger partial charge >= 0.3 is 0 Å². The molecule has 4 nitrogen and oxygen atoms in total. The summed E-state index contributed by atoms with van der Waals surface area (Å²) in [5.74, 6) is 0.147. The fourth-order valence-electron chi connectivity index (χ4n) is 2.28. The van der Waals surface area contributed by atoms with Crippen LogP contribution in [0.2, 0.25) is 10.0 Å². The van der Waals surface area contributed by atoms with Crippen molar-refractivity contribution >= 4 is 23.2 Å². The Labute approximate surface area is 122 Å². The average Bonchev–Trinajstić information content (AvgIpc) is 2.39. The largest absolute Gasteiger partial charge is 0.508 e. The standard InChI is InChI=1S/C13H18Cl2N2O2/c14-10-5-9(12(18)6-11(10)15)7-17-3-1-13(19,8-16)2-4-17/h5-6,18-19H,1-4,7-8,16H2. The van der Waals surface area contributed by atoms with Gasteiger partial charge in [-0.25, -0.2) is 0 Å². The molecule has 4 N–H and O–H groups in total. The highest BCUT2D eigenvalue weighted by molar-refractivity contribution is 6.42. The van der Waals surface area contributed by atoms with Gasteiger partial charge in [0.1, 0.15) is 5.75 Å². The average molecular weight is 305 g/mol. The van der Waals surface area contributed by atoms with Gasteiger partial charge in [-0.3, -0.25) is 4.90 Å². The number of piperidine rings is 1. The number of nitrogens with zero attached hydrogens (tertiary/aromatic N) is 1. The molecule has 0 unspecified atom stereocenters. The first-order chi connectivity index (χ1) is 8.93. The molecule has 19 heavy (non-hydrogen) atoms. The molecule has 0 aliphatic carbocycles. The molecule has 6 heteroatoms. The number of aromatic hydroxyl groups is 1. The summed E-state index contributed by atoms with van der Waals surface area (Å²) in [7, 11) is 0. The zero-order chi connectivity index (χ0) is 14.0. The summed E-state index contributed by atoms with van der Waals surface area (Å²) in [6, 6.07) is 3.14. The number of nitrogens with two attached hydrogens (primary N) is 1. The van der Waals surface area contributed by atoms with Crippen LogP contribution in [0.4, 0.5) is 0 Å². The van der Waals surface area contributed by atoms with Crippen LogP contribution in [0.1, 0.15) is 18.4 Å². The van der Waals surface area contributed by atoms with Crippen LogP contribution in [-0.2, 0) is 6.54 Å². The van der Waals surface area contributed by atoms with E-state index in [0.717, 1.165) is 18.7 Å². The van der Waals surface area contributed by atoms with E-state index in [1.165, 1.54) is 6.07 Å². The minimum Gasteiger partial charge on any atom is -0.508 e. The third-order valence-corrected chi connectivity index (χ3v) is 4.40. The van der Waals surface area contributed by atoms with Gasteiger partial charge in [0.2, 0.25) is 0 Å². The van der Waals surface area contributed by atoms with Crippen molar-refractivity contribution in [1.82, 2.24) is 4.90 Å². The number of likely N-dealkylation sites (tertiary alicyclic amines) is 1. The Morgan fingerprint density at radius 2 is 1.79 bits per heavy atom. The highest BCUT2D eigenvalue weighted by Gasteiger charge is 2.30. The van der Waals surface area contributed by atoms with Crippen LogP contribution in [-0.4, -0.2) is 40.3 Å². The van der Waals surface area contributed by atoms with Crippen molar-refractivity contribution in [2.45, 2.75) is 25.0 Å². The molecule has 106 valence electrons. The van der Waals surface area contributed by atoms with Crippen LogP contribution in [0.15, 0.2) is 12.1 Å². The molecule has 0 saturated carbocycles. The first kappa shape index (κ1) is 14.9. The fourth-order valence-corrected chi connectivity index (χ4v) is 2.62. The van der Waals surface area contributed by atoms with E-state index in [1.807, 2.05) is 0 Å². The van der Waals surface area contributed by atoms with Gasteiger partial charge < -0.3 is 15.9 Å². The smallest absolute Gasteiger partial charge is 0.121 e. The van der Waals surface area contributed by atoms with Crippen molar-refractivity contribution in [1.29, 1.82) is 0 Å². The van der Waals surface area contributed by atoms with Gasteiger partial charge in [-0.2, -0.15) is 0 Å². The lowest BCUT2D eigenvalue weighted by Gasteiger charge is -2.37. The molecule has 1 heterocycles. The Bertz CT molecular complexity index is 460. The van der Waals surface area contributed by atoms with E-state index in [2.05, 4.69) is 4.90 Å². The number of halogens is 2. The summed E-state index contributed by atoms with van der Waals surface area (Å²) in [5.41, 5.74) is 5.56. The van der Waals surface area contributed by atoms with Crippen molar-refractivity contribution in [2.24, 2.45) is 5.73 Å². The number of hydrogen-bond acceptors (Lipinski definition) is 4. The summed E-state index contributed by atoms with van der Waals surface area (Å²) in [4.78, 5) is 2.16. The van der Waals surface area contributed by atoms with E-state index >= 15 is 0 Å². The van der Waals surface area contributed by atoms with E-state index in [0.29, 0.717) is 36.0 Å². The maximum atomic E-state index is 10.1. The zero-order valence-electron chi connectivity index (χ0n) is 10.6. The topological polar surface area (TPSA) is 69.7 Å². The number of rotatable bonds is 3. The van der Waals surface area contributed by atoms with Gasteiger partial charge in [-0.1, -0.05) is 23.2 Å². The molecular weight excluding hydrogens is 287 g/mol. The molecule has 1 aliphatic heterocycles. The van der Waals surface area contributed by atoms with Crippen LogP contribution in [0.5, 0.6) is 5.75 Å². The predicted octanol–water partition coefficient (Wildman–Crippen LogP) is 1.98. The van der Waals surface area contributed by atoms with Crippen molar-refractivity contribution in [2.75, 3.05) is 19.6 Å². The number of benzene rings is 1. The monoisotopic (exact) mass is 304 g/mol. The van der Waals surface area contributed by atoms with Gasteiger partial charge in [-0.05, 0) is 18.9 Å². The van der Waals surface area contributed by atoms with Crippen molar-refractivity contribution in [3.05, 3.63) is 27.7 Å². The van der Waals surface area contributed by atoms with Crippen molar-refractivity contribution in [3.63, 3.8) is 0 Å². The van der Waals surface area contributed by atoms with Gasteiger partial charge in [0.15, 0.2) is 0 Å². The van der Waals surface area contributed by atoms with Crippen LogP contribution in [0.25, 0.3) is 0 Å². The Kier molecular flexibility index (Phi) is 4.58. The van der Waals surface area contributed by atoms with Gasteiger partial charge in [-0.15, -0.1) is 0 Å². The van der Waals surface area contributed by atoms with Crippen LogP contribution in [0, 0.1) is 0 Å². The Morgan fingerprint density at radius 1 is 1.21 bits per heavy atom. The molecule has 1 aliphatic rings. The normalized spacial score (nSPS) is 19.6. The molecule has 1 aromatic carbocycles. The summed E-state index contributed by atoms with van der Waals surface area (Å²) < 4.78 is 0. The molecular formula is C13H18Cl2N2O2. The first-order valence-corrected chi connectivity index (χ1v) is 7.01. The summed E-state index contributed by atoms with van der Waals surface area (Å²) in [5, 5.41) is 20.7. The van der Waals surface area contributed by atoms with Gasteiger partial charge in [0.25, 0.3) is 0 Å². The van der Waals surface area contributed by atoms with E-state index in [4.69, 9.17) is 28.9 Å². The molecule has 1 fully saturated rings. The molecule has 0 aromatic heterocycles. The quantitative estimate of drug-likeness (QED) is 0.799. The lowest BCUT2D eigenvalue weighted by Crippen LogP contribution is -2.48. The van der Waals surface area contributed by atoms with Crippen LogP contribution < -0.4 is 5.73 Å². The first-order valence-electron chi connectivity index (χ1n) is 6.25. The highest BCUT2D eigenvalue weighted by Crippen LogP contribution is 2.31. The maximum Gasteiger partial charge on any atom is 0.121 e. The lowest BCUT2D eigenvalue weighted by atomic mass is 9.91. The minimum atomic E-state index is -0.740. The summed E-state index contributed by atoms with van der Waals surface area (Å²) in [6.07, 6.45) is 1.29. The predicted molar refractivity (Wildman–Crippen MR) is 76.6 cm³/mol. The maximum absolute atomic E-state index is 10.1. The molecule has 1 saturated heterocycles. The number of hydrogen-bond donors (Lipinski definition) is 3. The minimum absolute atomic E-state index is 0.147. The lowest BCUT2D eigenvalue weighted by molar-refractivity contribution is -0.0154. The Balaban J connectivity index is 2.02. The van der Waals surface area contributed by atoms with Crippen LogP contribution >= 0.6 is 23.2 Å². The zero-order valence-corrected chi connectivity index (χ0v) is 12.1. The summed E-state index contributed by atoms with van der Waals surface area (Å²) >= 11 is 11.8. The molecule has 0 spiro atoms. The highest BCUT2D eigenvalue weighted by atomic mass is 35.5. The third-order valence-electron chi connectivity index (χ3n) is 3.68. The van der Waals surface area contributed by atoms with Gasteiger partial charge in [0, 0.05) is 37.8 Å². The Morgan fingerprint density at radius 3 is 2.37 bits per heavy atom. The number of phenolic OH excluding ortho intramolecular Hbond substituents is 1. The van der Waals surface area contributed by atoms with Crippen molar-refractivity contribution < 1.29 is 10.2 Å². The van der Waals surface area contributed by atoms with E-state index in [9.17, 15) is 10.2 Å². The second-order valence-electron chi connectivity index (χ2n) is 5.10. The second kappa shape index (κ2) is 5.85. The van der Waals surface area contributed by atoms with E-state index in [1.54, 1.807) is 6.07 Å². The second-order valence-corrected chi connectivity index (χ2v) is 5.91. The molecule has 0 bridgehead atoms. The molecule has 0 amide bonds. The molecule has 1 aromatic rings. The van der Waals surface area contributed by atoms with Crippen LogP contribution in [0.3, 0.4) is 0 Å². The van der Waals surface area contributed by atoms with E-state index < -0.39 is 5.60 Å². The van der Waals surface area contributed by atoms with Crippen molar-refractivity contribution in [3.8, 4) is 5.75 Å². The molecule has 0 radical (unpaired) electrons. The molecule has 2 rings (SSSR count).